The standard InChI is InChI=1S/C6H5N3O3/c10-8-4-5-6(9(11)12)2-1-3-7-5/h1-4,10H/b8-4+. The predicted octanol–water partition coefficient (Wildman–Crippen LogP) is 0.798. The first kappa shape index (κ1) is 8.12. The lowest BCUT2D eigenvalue weighted by molar-refractivity contribution is -0.385. The van der Waals surface area contributed by atoms with E-state index in [1.54, 1.807) is 0 Å². The summed E-state index contributed by atoms with van der Waals surface area (Å²) in [7, 11) is 0. The molecule has 0 aliphatic heterocycles. The third-order valence-electron chi connectivity index (χ3n) is 1.19. The zero-order valence-corrected chi connectivity index (χ0v) is 5.91. The van der Waals surface area contributed by atoms with Crippen LogP contribution < -0.4 is 0 Å². The topological polar surface area (TPSA) is 88.6 Å². The van der Waals surface area contributed by atoms with E-state index in [1.807, 2.05) is 0 Å². The van der Waals surface area contributed by atoms with Crippen LogP contribution in [-0.2, 0) is 0 Å². The van der Waals surface area contributed by atoms with Crippen molar-refractivity contribution in [1.82, 2.24) is 4.98 Å². The lowest BCUT2D eigenvalue weighted by Crippen LogP contribution is -1.96. The highest BCUT2D eigenvalue weighted by atomic mass is 16.6. The van der Waals surface area contributed by atoms with Crippen LogP contribution in [0.4, 0.5) is 5.69 Å². The zero-order chi connectivity index (χ0) is 8.97. The molecule has 0 aromatic carbocycles. The van der Waals surface area contributed by atoms with E-state index in [-0.39, 0.29) is 11.4 Å². The second-order valence-electron chi connectivity index (χ2n) is 1.91. The number of nitrogens with zero attached hydrogens (tertiary/aromatic N) is 3. The smallest absolute Gasteiger partial charge is 0.296 e. The first-order chi connectivity index (χ1) is 5.75. The van der Waals surface area contributed by atoms with Crippen LogP contribution in [0.2, 0.25) is 0 Å². The summed E-state index contributed by atoms with van der Waals surface area (Å²) in [6, 6.07) is 2.72. The molecule has 1 N–H and O–H groups in total. The molecule has 0 atom stereocenters. The highest BCUT2D eigenvalue weighted by molar-refractivity contribution is 5.81. The van der Waals surface area contributed by atoms with E-state index in [0.29, 0.717) is 0 Å². The van der Waals surface area contributed by atoms with Crippen LogP contribution in [0.25, 0.3) is 0 Å². The third-order valence-corrected chi connectivity index (χ3v) is 1.19. The molecule has 0 unspecified atom stereocenters. The Kier molecular flexibility index (Phi) is 2.32. The minimum absolute atomic E-state index is 0.0324. The van der Waals surface area contributed by atoms with E-state index in [2.05, 4.69) is 10.1 Å². The van der Waals surface area contributed by atoms with Crippen molar-refractivity contribution < 1.29 is 10.1 Å². The van der Waals surface area contributed by atoms with Crippen LogP contribution >= 0.6 is 0 Å². The van der Waals surface area contributed by atoms with Gasteiger partial charge in [-0.15, -0.1) is 0 Å². The van der Waals surface area contributed by atoms with Crippen LogP contribution in [0.3, 0.4) is 0 Å². The summed E-state index contributed by atoms with van der Waals surface area (Å²) in [4.78, 5) is 13.4. The summed E-state index contributed by atoms with van der Waals surface area (Å²) in [6.45, 7) is 0. The van der Waals surface area contributed by atoms with Gasteiger partial charge in [-0.05, 0) is 6.07 Å². The van der Waals surface area contributed by atoms with Crippen molar-refractivity contribution in [3.8, 4) is 0 Å². The van der Waals surface area contributed by atoms with E-state index in [1.165, 1.54) is 18.3 Å². The predicted molar refractivity (Wildman–Crippen MR) is 40.3 cm³/mol. The lowest BCUT2D eigenvalue weighted by Gasteiger charge is -1.92. The number of rotatable bonds is 2. The summed E-state index contributed by atoms with van der Waals surface area (Å²) < 4.78 is 0. The van der Waals surface area contributed by atoms with E-state index >= 15 is 0 Å². The zero-order valence-electron chi connectivity index (χ0n) is 5.91. The van der Waals surface area contributed by atoms with Gasteiger partial charge in [-0.25, -0.2) is 4.98 Å². The normalized spacial score (nSPS) is 10.3. The molecule has 6 nitrogen and oxygen atoms in total. The van der Waals surface area contributed by atoms with Crippen LogP contribution in [0.15, 0.2) is 23.5 Å². The van der Waals surface area contributed by atoms with Gasteiger partial charge >= 0.3 is 0 Å². The van der Waals surface area contributed by atoms with Crippen molar-refractivity contribution in [2.75, 3.05) is 0 Å². The van der Waals surface area contributed by atoms with Crippen molar-refractivity contribution in [3.63, 3.8) is 0 Å². The highest BCUT2D eigenvalue weighted by Crippen LogP contribution is 2.12. The Balaban J connectivity index is 3.17. The number of hydrogen-bond donors (Lipinski definition) is 1. The number of nitro groups is 1. The fourth-order valence-electron chi connectivity index (χ4n) is 0.718. The van der Waals surface area contributed by atoms with Gasteiger partial charge in [0.15, 0.2) is 5.69 Å². The molecule has 0 fully saturated rings. The molecule has 1 heterocycles. The fraction of sp³-hybridized carbons (Fsp3) is 0. The molecule has 1 aromatic heterocycles. The van der Waals surface area contributed by atoms with Gasteiger partial charge in [0.1, 0.15) is 0 Å². The Labute approximate surface area is 67.3 Å². The van der Waals surface area contributed by atoms with E-state index in [0.717, 1.165) is 6.21 Å². The summed E-state index contributed by atoms with van der Waals surface area (Å²) in [5, 5.41) is 21.1. The van der Waals surface area contributed by atoms with Crippen molar-refractivity contribution in [3.05, 3.63) is 34.1 Å². The van der Waals surface area contributed by atoms with Crippen molar-refractivity contribution in [2.24, 2.45) is 5.16 Å². The van der Waals surface area contributed by atoms with E-state index < -0.39 is 4.92 Å². The van der Waals surface area contributed by atoms with Crippen LogP contribution in [0, 0.1) is 10.1 Å². The molecular weight excluding hydrogens is 162 g/mol. The van der Waals surface area contributed by atoms with Gasteiger partial charge in [-0.3, -0.25) is 10.1 Å². The monoisotopic (exact) mass is 167 g/mol. The third kappa shape index (κ3) is 1.54. The molecule has 0 amide bonds. The van der Waals surface area contributed by atoms with Crippen molar-refractivity contribution >= 4 is 11.9 Å². The van der Waals surface area contributed by atoms with Gasteiger partial charge in [-0.1, -0.05) is 5.16 Å². The van der Waals surface area contributed by atoms with Gasteiger partial charge in [0, 0.05) is 12.3 Å². The van der Waals surface area contributed by atoms with Gasteiger partial charge in [-0.2, -0.15) is 0 Å². The molecule has 0 spiro atoms. The molecule has 0 aliphatic carbocycles. The summed E-state index contributed by atoms with van der Waals surface area (Å²) in [5.74, 6) is 0. The van der Waals surface area contributed by atoms with E-state index in [9.17, 15) is 10.1 Å². The number of pyridine rings is 1. The first-order valence-corrected chi connectivity index (χ1v) is 3.02. The summed E-state index contributed by atoms with van der Waals surface area (Å²) >= 11 is 0. The number of oxime groups is 1. The fourth-order valence-corrected chi connectivity index (χ4v) is 0.718. The average Bonchev–Trinajstić information content (AvgIpc) is 2.05. The van der Waals surface area contributed by atoms with Gasteiger partial charge in [0.25, 0.3) is 5.69 Å². The van der Waals surface area contributed by atoms with Crippen molar-refractivity contribution in [2.45, 2.75) is 0 Å². The quantitative estimate of drug-likeness (QED) is 0.305. The Hall–Kier alpha value is -1.98. The molecule has 1 aromatic rings. The Morgan fingerprint density at radius 2 is 2.50 bits per heavy atom. The lowest BCUT2D eigenvalue weighted by atomic mass is 10.3. The molecule has 0 aliphatic rings. The average molecular weight is 167 g/mol. The van der Waals surface area contributed by atoms with Gasteiger partial charge < -0.3 is 5.21 Å². The molecule has 1 rings (SSSR count). The molecule has 62 valence electrons. The Morgan fingerprint density at radius 1 is 1.75 bits per heavy atom. The first-order valence-electron chi connectivity index (χ1n) is 3.02. The largest absolute Gasteiger partial charge is 0.411 e. The summed E-state index contributed by atoms with van der Waals surface area (Å²) in [5.41, 5.74) is -0.152. The molecule has 6 heteroatoms. The maximum atomic E-state index is 10.3. The molecule has 0 saturated heterocycles. The minimum atomic E-state index is -0.593. The Bertz CT molecular complexity index is 324. The molecular formula is C6H5N3O3. The molecule has 0 saturated carbocycles. The second kappa shape index (κ2) is 3.42. The van der Waals surface area contributed by atoms with Crippen LogP contribution in [0.5, 0.6) is 0 Å². The number of aromatic nitrogens is 1. The highest BCUT2D eigenvalue weighted by Gasteiger charge is 2.11. The van der Waals surface area contributed by atoms with Gasteiger partial charge in [0.05, 0.1) is 11.1 Å². The maximum absolute atomic E-state index is 10.3. The van der Waals surface area contributed by atoms with Crippen LogP contribution in [0.1, 0.15) is 5.69 Å². The molecule has 0 bridgehead atoms. The van der Waals surface area contributed by atoms with E-state index in [4.69, 9.17) is 5.21 Å². The van der Waals surface area contributed by atoms with Crippen molar-refractivity contribution in [1.29, 1.82) is 0 Å². The Morgan fingerprint density at radius 3 is 3.08 bits per heavy atom. The summed E-state index contributed by atoms with van der Waals surface area (Å²) in [6.07, 6.45) is 2.29. The minimum Gasteiger partial charge on any atom is -0.411 e. The molecule has 0 radical (unpaired) electrons. The SMILES string of the molecule is O=[N+]([O-])c1cccnc1/C=N/O. The number of hydrogen-bond acceptors (Lipinski definition) is 5. The second-order valence-corrected chi connectivity index (χ2v) is 1.91. The molecule has 12 heavy (non-hydrogen) atoms. The van der Waals surface area contributed by atoms with Gasteiger partial charge in [0.2, 0.25) is 0 Å². The van der Waals surface area contributed by atoms with Crippen LogP contribution in [-0.4, -0.2) is 21.3 Å². The maximum Gasteiger partial charge on any atom is 0.296 e.